The molecule has 0 saturated heterocycles. The van der Waals surface area contributed by atoms with Crippen LogP contribution in [0.15, 0.2) is 47.4 Å². The van der Waals surface area contributed by atoms with Gasteiger partial charge in [0.2, 0.25) is 5.91 Å². The summed E-state index contributed by atoms with van der Waals surface area (Å²) >= 11 is 0. The number of aryl methyl sites for hydroxylation is 1. The molecule has 126 valence electrons. The van der Waals surface area contributed by atoms with Crippen molar-refractivity contribution in [1.82, 2.24) is 0 Å². The van der Waals surface area contributed by atoms with Crippen molar-refractivity contribution in [2.75, 3.05) is 16.7 Å². The molecule has 0 unspecified atom stereocenters. The summed E-state index contributed by atoms with van der Waals surface area (Å²) in [6, 6.07) is 11.9. The van der Waals surface area contributed by atoms with E-state index in [4.69, 9.17) is 0 Å². The topological polar surface area (TPSA) is 66.5 Å². The molecule has 0 bridgehead atoms. The van der Waals surface area contributed by atoms with Crippen LogP contribution in [0, 0.1) is 6.92 Å². The molecule has 0 aliphatic carbocycles. The lowest BCUT2D eigenvalue weighted by molar-refractivity contribution is -0.121. The van der Waals surface area contributed by atoms with Gasteiger partial charge >= 0.3 is 0 Å². The van der Waals surface area contributed by atoms with E-state index in [1.807, 2.05) is 32.9 Å². The average Bonchev–Trinajstić information content (AvgIpc) is 2.70. The average molecular weight is 344 g/mol. The first-order valence-electron chi connectivity index (χ1n) is 7.65. The number of hydrogen-bond donors (Lipinski definition) is 1. The van der Waals surface area contributed by atoms with Gasteiger partial charge in [-0.3, -0.25) is 9.52 Å². The number of nitrogens with zero attached hydrogens (tertiary/aromatic N) is 1. The first kappa shape index (κ1) is 16.5. The van der Waals surface area contributed by atoms with Gasteiger partial charge in [-0.15, -0.1) is 0 Å². The monoisotopic (exact) mass is 344 g/mol. The molecule has 3 rings (SSSR count). The van der Waals surface area contributed by atoms with Gasteiger partial charge in [-0.1, -0.05) is 17.7 Å². The molecular formula is C18H20N2O3S. The maximum Gasteiger partial charge on any atom is 0.261 e. The summed E-state index contributed by atoms with van der Waals surface area (Å²) in [6.45, 7) is 5.55. The van der Waals surface area contributed by atoms with Crippen molar-refractivity contribution in [3.8, 4) is 0 Å². The maximum atomic E-state index is 12.7. The third-order valence-corrected chi connectivity index (χ3v) is 5.84. The van der Waals surface area contributed by atoms with Crippen LogP contribution in [0.25, 0.3) is 0 Å². The number of nitrogens with one attached hydrogen (secondary N) is 1. The Morgan fingerprint density at radius 1 is 1.04 bits per heavy atom. The minimum Gasteiger partial charge on any atom is -0.314 e. The molecule has 0 fully saturated rings. The molecular weight excluding hydrogens is 324 g/mol. The van der Waals surface area contributed by atoms with E-state index < -0.39 is 15.4 Å². The molecule has 1 N–H and O–H groups in total. The van der Waals surface area contributed by atoms with Crippen LogP contribution < -0.4 is 9.62 Å². The zero-order chi connectivity index (χ0) is 17.7. The van der Waals surface area contributed by atoms with Crippen LogP contribution in [0.2, 0.25) is 0 Å². The lowest BCUT2D eigenvalue weighted by Gasteiger charge is -2.17. The highest BCUT2D eigenvalue weighted by atomic mass is 32.2. The fraction of sp³-hybridized carbons (Fsp3) is 0.278. The number of carbonyl (C=O) groups excluding carboxylic acids is 1. The van der Waals surface area contributed by atoms with Gasteiger partial charge in [-0.2, -0.15) is 0 Å². The summed E-state index contributed by atoms with van der Waals surface area (Å²) in [6.07, 6.45) is 0. The predicted molar refractivity (Wildman–Crippen MR) is 94.9 cm³/mol. The summed E-state index contributed by atoms with van der Waals surface area (Å²) in [5.41, 5.74) is 2.30. The van der Waals surface area contributed by atoms with Crippen molar-refractivity contribution in [1.29, 1.82) is 0 Å². The van der Waals surface area contributed by atoms with E-state index in [0.717, 1.165) is 16.8 Å². The Labute approximate surface area is 142 Å². The number of rotatable bonds is 3. The molecule has 0 spiro atoms. The first-order chi connectivity index (χ1) is 11.1. The van der Waals surface area contributed by atoms with E-state index in [0.29, 0.717) is 5.69 Å². The fourth-order valence-electron chi connectivity index (χ4n) is 2.95. The molecule has 24 heavy (non-hydrogen) atoms. The maximum absolute atomic E-state index is 12.7. The lowest BCUT2D eigenvalue weighted by Crippen LogP contribution is -2.33. The lowest BCUT2D eigenvalue weighted by atomic mass is 9.86. The van der Waals surface area contributed by atoms with E-state index in [9.17, 15) is 13.2 Å². The minimum absolute atomic E-state index is 0.0430. The highest BCUT2D eigenvalue weighted by Crippen LogP contribution is 2.41. The number of carbonyl (C=O) groups is 1. The smallest absolute Gasteiger partial charge is 0.261 e. The summed E-state index contributed by atoms with van der Waals surface area (Å²) in [7, 11) is -2.01. The largest absolute Gasteiger partial charge is 0.314 e. The molecule has 0 radical (unpaired) electrons. The normalized spacial score (nSPS) is 16.2. The van der Waals surface area contributed by atoms with E-state index >= 15 is 0 Å². The van der Waals surface area contributed by atoms with Gasteiger partial charge in [-0.25, -0.2) is 8.42 Å². The van der Waals surface area contributed by atoms with E-state index in [2.05, 4.69) is 4.72 Å². The third-order valence-electron chi connectivity index (χ3n) is 4.46. The fourth-order valence-corrected chi connectivity index (χ4v) is 4.04. The quantitative estimate of drug-likeness (QED) is 0.930. The van der Waals surface area contributed by atoms with E-state index in [1.165, 1.54) is 6.07 Å². The molecule has 5 nitrogen and oxygen atoms in total. The van der Waals surface area contributed by atoms with E-state index in [-0.39, 0.29) is 10.8 Å². The highest BCUT2D eigenvalue weighted by Gasteiger charge is 2.42. The Hall–Kier alpha value is -2.34. The van der Waals surface area contributed by atoms with Gasteiger partial charge in [0.1, 0.15) is 0 Å². The summed E-state index contributed by atoms with van der Waals surface area (Å²) < 4.78 is 27.9. The highest BCUT2D eigenvalue weighted by molar-refractivity contribution is 7.92. The summed E-state index contributed by atoms with van der Waals surface area (Å²) in [4.78, 5) is 14.0. The van der Waals surface area contributed by atoms with Gasteiger partial charge in [0.25, 0.3) is 10.0 Å². The van der Waals surface area contributed by atoms with Crippen LogP contribution in [0.1, 0.15) is 25.0 Å². The van der Waals surface area contributed by atoms with Gasteiger partial charge in [0.15, 0.2) is 0 Å². The molecule has 0 aromatic heterocycles. The van der Waals surface area contributed by atoms with Crippen molar-refractivity contribution in [3.63, 3.8) is 0 Å². The molecule has 0 saturated carbocycles. The molecule has 1 heterocycles. The number of fused-ring (bicyclic) bond motifs is 1. The van der Waals surface area contributed by atoms with Crippen LogP contribution in [0.3, 0.4) is 0 Å². The first-order valence-corrected chi connectivity index (χ1v) is 9.13. The van der Waals surface area contributed by atoms with Gasteiger partial charge in [0.05, 0.1) is 10.3 Å². The van der Waals surface area contributed by atoms with E-state index in [1.54, 1.807) is 36.2 Å². The molecule has 2 aromatic rings. The number of anilines is 2. The molecule has 1 amide bonds. The SMILES string of the molecule is Cc1ccc(NS(=O)(=O)c2ccc3c(c2)C(C)(C)C(=O)N3C)cc1. The van der Waals surface area contributed by atoms with Crippen molar-refractivity contribution >= 4 is 27.3 Å². The van der Waals surface area contributed by atoms with Crippen molar-refractivity contribution in [3.05, 3.63) is 53.6 Å². The minimum atomic E-state index is -3.71. The predicted octanol–water partition coefficient (Wildman–Crippen LogP) is 3.05. The third kappa shape index (κ3) is 2.57. The van der Waals surface area contributed by atoms with Crippen LogP contribution in [0.4, 0.5) is 11.4 Å². The zero-order valence-electron chi connectivity index (χ0n) is 14.1. The van der Waals surface area contributed by atoms with Gasteiger partial charge < -0.3 is 4.90 Å². The van der Waals surface area contributed by atoms with Crippen LogP contribution in [-0.2, 0) is 20.2 Å². The number of hydrogen-bond acceptors (Lipinski definition) is 3. The molecule has 1 aliphatic rings. The Bertz CT molecular complexity index is 916. The van der Waals surface area contributed by atoms with Crippen molar-refractivity contribution in [2.24, 2.45) is 0 Å². The second kappa shape index (κ2) is 5.34. The molecule has 2 aromatic carbocycles. The van der Waals surface area contributed by atoms with Gasteiger partial charge in [-0.05, 0) is 56.7 Å². The van der Waals surface area contributed by atoms with Crippen LogP contribution >= 0.6 is 0 Å². The van der Waals surface area contributed by atoms with Crippen LogP contribution in [-0.4, -0.2) is 21.4 Å². The number of likely N-dealkylation sites (N-methyl/N-ethyl adjacent to an activating group) is 1. The number of amides is 1. The number of sulfonamides is 1. The van der Waals surface area contributed by atoms with Crippen molar-refractivity contribution in [2.45, 2.75) is 31.1 Å². The molecule has 1 aliphatic heterocycles. The Morgan fingerprint density at radius 2 is 1.67 bits per heavy atom. The van der Waals surface area contributed by atoms with Crippen LogP contribution in [0.5, 0.6) is 0 Å². The molecule has 0 atom stereocenters. The Morgan fingerprint density at radius 3 is 2.29 bits per heavy atom. The number of benzene rings is 2. The second-order valence-corrected chi connectivity index (χ2v) is 8.32. The summed E-state index contributed by atoms with van der Waals surface area (Å²) in [5.74, 6) is -0.0430. The Kier molecular flexibility index (Phi) is 3.68. The standard InChI is InChI=1S/C18H20N2O3S/c1-12-5-7-13(8-6-12)19-24(22,23)14-9-10-16-15(11-14)18(2,3)17(21)20(16)4/h5-11,19H,1-4H3. The summed E-state index contributed by atoms with van der Waals surface area (Å²) in [5, 5.41) is 0. The molecule has 6 heteroatoms. The zero-order valence-corrected chi connectivity index (χ0v) is 14.9. The second-order valence-electron chi connectivity index (χ2n) is 6.64. The van der Waals surface area contributed by atoms with Gasteiger partial charge in [0, 0.05) is 18.4 Å². The Balaban J connectivity index is 2.00. The van der Waals surface area contributed by atoms with Crippen molar-refractivity contribution < 1.29 is 13.2 Å².